The second-order valence-electron chi connectivity index (χ2n) is 6.15. The summed E-state index contributed by atoms with van der Waals surface area (Å²) in [6.07, 6.45) is 2.47. The lowest BCUT2D eigenvalue weighted by Gasteiger charge is -2.04. The molecule has 4 rings (SSSR count). The minimum absolute atomic E-state index is 0.263. The second-order valence-corrected chi connectivity index (χ2v) is 7.70. The van der Waals surface area contributed by atoms with E-state index in [9.17, 15) is 4.79 Å². The van der Waals surface area contributed by atoms with E-state index in [0.717, 1.165) is 10.4 Å². The molecule has 3 aromatic heterocycles. The Kier molecular flexibility index (Phi) is 4.63. The first kappa shape index (κ1) is 17.6. The average molecular weight is 399 g/mol. The van der Waals surface area contributed by atoms with Crippen LogP contribution >= 0.6 is 22.9 Å². The van der Waals surface area contributed by atoms with Gasteiger partial charge in [0, 0.05) is 28.2 Å². The number of benzene rings is 1. The number of pyridine rings is 1. The Hall–Kier alpha value is -2.77. The number of carbonyl (C=O) groups excluding carboxylic acids is 1. The van der Waals surface area contributed by atoms with Crippen molar-refractivity contribution in [2.24, 2.45) is 0 Å². The number of hydrogen-bond acceptors (Lipinski definition) is 6. The zero-order chi connectivity index (χ0) is 19.0. The topological polar surface area (TPSA) is 80.9 Å². The summed E-state index contributed by atoms with van der Waals surface area (Å²) in [5.74, 6) is -0.263. The molecule has 0 bridgehead atoms. The van der Waals surface area contributed by atoms with Gasteiger partial charge in [-0.2, -0.15) is 0 Å². The number of halogens is 1. The van der Waals surface area contributed by atoms with Crippen molar-refractivity contribution in [1.29, 1.82) is 0 Å². The fourth-order valence-electron chi connectivity index (χ4n) is 2.86. The van der Waals surface area contributed by atoms with Gasteiger partial charge in [-0.15, -0.1) is 11.3 Å². The van der Waals surface area contributed by atoms with Gasteiger partial charge in [-0.3, -0.25) is 10.1 Å². The lowest BCUT2D eigenvalue weighted by atomic mass is 10.1. The summed E-state index contributed by atoms with van der Waals surface area (Å²) in [4.78, 5) is 22.4. The number of thiazole rings is 1. The van der Waals surface area contributed by atoms with Crippen molar-refractivity contribution in [3.05, 3.63) is 68.9 Å². The number of carbonyl (C=O) groups is 1. The summed E-state index contributed by atoms with van der Waals surface area (Å²) in [6, 6.07) is 9.41. The first-order valence-electron chi connectivity index (χ1n) is 8.24. The molecule has 0 aliphatic heterocycles. The third-order valence-corrected chi connectivity index (χ3v) is 5.18. The Bertz CT molecular complexity index is 1150. The van der Waals surface area contributed by atoms with Gasteiger partial charge < -0.3 is 4.52 Å². The highest BCUT2D eigenvalue weighted by Gasteiger charge is 2.18. The first-order chi connectivity index (χ1) is 13.0. The van der Waals surface area contributed by atoms with Crippen molar-refractivity contribution in [3.8, 4) is 0 Å². The van der Waals surface area contributed by atoms with Crippen LogP contribution in [0.5, 0.6) is 0 Å². The minimum Gasteiger partial charge on any atom is -0.336 e. The summed E-state index contributed by atoms with van der Waals surface area (Å²) in [5.41, 5.74) is 3.24. The highest BCUT2D eigenvalue weighted by Crippen LogP contribution is 2.25. The van der Waals surface area contributed by atoms with Gasteiger partial charge in [0.2, 0.25) is 0 Å². The van der Waals surface area contributed by atoms with Crippen LogP contribution in [0.25, 0.3) is 11.1 Å². The molecule has 1 N–H and O–H groups in total. The fourth-order valence-corrected chi connectivity index (χ4v) is 3.91. The normalized spacial score (nSPS) is 11.1. The number of aromatic nitrogens is 3. The van der Waals surface area contributed by atoms with E-state index in [1.54, 1.807) is 26.1 Å². The van der Waals surface area contributed by atoms with Gasteiger partial charge in [-0.25, -0.2) is 9.97 Å². The summed E-state index contributed by atoms with van der Waals surface area (Å²) in [7, 11) is 0. The van der Waals surface area contributed by atoms with Crippen LogP contribution in [0.1, 0.15) is 32.2 Å². The summed E-state index contributed by atoms with van der Waals surface area (Å²) >= 11 is 7.46. The molecule has 0 aliphatic rings. The smallest absolute Gasteiger partial charge is 0.258 e. The number of amides is 1. The summed E-state index contributed by atoms with van der Waals surface area (Å²) in [5, 5.41) is 8.62. The van der Waals surface area contributed by atoms with Gasteiger partial charge in [0.25, 0.3) is 11.6 Å². The molecule has 27 heavy (non-hydrogen) atoms. The van der Waals surface area contributed by atoms with E-state index in [0.29, 0.717) is 44.6 Å². The van der Waals surface area contributed by atoms with Crippen molar-refractivity contribution in [1.82, 2.24) is 15.1 Å². The van der Waals surface area contributed by atoms with Crippen molar-refractivity contribution in [2.45, 2.75) is 20.3 Å². The fraction of sp³-hybridized carbons (Fsp3) is 0.158. The summed E-state index contributed by atoms with van der Waals surface area (Å²) in [6.45, 7) is 3.59. The highest BCUT2D eigenvalue weighted by molar-refractivity contribution is 7.15. The molecule has 6 nitrogen and oxygen atoms in total. The van der Waals surface area contributed by atoms with Gasteiger partial charge in [-0.1, -0.05) is 28.9 Å². The first-order valence-corrected chi connectivity index (χ1v) is 9.43. The third-order valence-electron chi connectivity index (χ3n) is 4.03. The Morgan fingerprint density at radius 2 is 2.15 bits per heavy atom. The van der Waals surface area contributed by atoms with Crippen LogP contribution in [0.3, 0.4) is 0 Å². The number of rotatable bonds is 4. The molecular weight excluding hydrogens is 384 g/mol. The number of hydrogen-bond donors (Lipinski definition) is 1. The van der Waals surface area contributed by atoms with Gasteiger partial charge in [0.1, 0.15) is 0 Å². The molecule has 0 saturated carbocycles. The van der Waals surface area contributed by atoms with Crippen molar-refractivity contribution in [2.75, 3.05) is 5.32 Å². The molecule has 0 radical (unpaired) electrons. The average Bonchev–Trinajstić information content (AvgIpc) is 3.21. The Morgan fingerprint density at radius 1 is 1.30 bits per heavy atom. The van der Waals surface area contributed by atoms with Crippen molar-refractivity contribution < 1.29 is 9.32 Å². The zero-order valence-corrected chi connectivity index (χ0v) is 16.2. The van der Waals surface area contributed by atoms with Gasteiger partial charge in [-0.05, 0) is 37.6 Å². The van der Waals surface area contributed by atoms with E-state index in [4.69, 9.17) is 16.1 Å². The lowest BCUT2D eigenvalue weighted by Crippen LogP contribution is -2.13. The maximum Gasteiger partial charge on any atom is 0.258 e. The van der Waals surface area contributed by atoms with E-state index < -0.39 is 0 Å². The molecular formula is C19H15ClN4O2S. The van der Waals surface area contributed by atoms with E-state index in [1.165, 1.54) is 11.3 Å². The predicted octanol–water partition coefficient (Wildman–Crippen LogP) is 4.79. The van der Waals surface area contributed by atoms with E-state index in [2.05, 4.69) is 20.4 Å². The molecule has 136 valence electrons. The van der Waals surface area contributed by atoms with Gasteiger partial charge in [0.15, 0.2) is 5.13 Å². The largest absolute Gasteiger partial charge is 0.336 e. The Labute approximate surface area is 164 Å². The highest BCUT2D eigenvalue weighted by atomic mass is 35.5. The molecule has 4 aromatic rings. The lowest BCUT2D eigenvalue weighted by molar-refractivity contribution is 0.102. The number of anilines is 1. The molecule has 0 unspecified atom stereocenters. The van der Waals surface area contributed by atoms with E-state index in [-0.39, 0.29) is 5.91 Å². The minimum atomic E-state index is -0.263. The molecule has 0 spiro atoms. The van der Waals surface area contributed by atoms with Crippen LogP contribution in [-0.4, -0.2) is 21.0 Å². The maximum absolute atomic E-state index is 12.8. The molecule has 0 fully saturated rings. The molecule has 0 aliphatic carbocycles. The monoisotopic (exact) mass is 398 g/mol. The third kappa shape index (κ3) is 3.70. The number of nitrogens with one attached hydrogen (secondary N) is 1. The predicted molar refractivity (Wildman–Crippen MR) is 106 cm³/mol. The van der Waals surface area contributed by atoms with Crippen LogP contribution in [0.4, 0.5) is 5.13 Å². The van der Waals surface area contributed by atoms with E-state index >= 15 is 0 Å². The van der Waals surface area contributed by atoms with Crippen molar-refractivity contribution >= 4 is 45.1 Å². The number of aryl methyl sites for hydroxylation is 2. The quantitative estimate of drug-likeness (QED) is 0.534. The van der Waals surface area contributed by atoms with Gasteiger partial charge >= 0.3 is 0 Å². The van der Waals surface area contributed by atoms with Crippen LogP contribution in [0, 0.1) is 13.8 Å². The molecule has 1 aromatic carbocycles. The molecule has 3 heterocycles. The second kappa shape index (κ2) is 7.09. The molecule has 1 amide bonds. The summed E-state index contributed by atoms with van der Waals surface area (Å²) < 4.78 is 5.19. The van der Waals surface area contributed by atoms with Crippen LogP contribution in [0.2, 0.25) is 5.02 Å². The standard InChI is InChI=1S/C19H15ClN4O2S/c1-10-6-15(16-11(2)24-26-18(16)22-10)17(25)23-19-21-9-14(27-19)8-12-4-3-5-13(20)7-12/h3-7,9H,8H2,1-2H3,(H,21,23,25). The molecule has 0 saturated heterocycles. The molecule has 8 heteroatoms. The van der Waals surface area contributed by atoms with Crippen molar-refractivity contribution in [3.63, 3.8) is 0 Å². The number of fused-ring (bicyclic) bond motifs is 1. The Morgan fingerprint density at radius 3 is 2.96 bits per heavy atom. The Balaban J connectivity index is 1.56. The van der Waals surface area contributed by atoms with Crippen LogP contribution in [-0.2, 0) is 6.42 Å². The van der Waals surface area contributed by atoms with E-state index in [1.807, 2.05) is 24.3 Å². The van der Waals surface area contributed by atoms with Crippen LogP contribution in [0.15, 0.2) is 41.1 Å². The van der Waals surface area contributed by atoms with Crippen LogP contribution < -0.4 is 5.32 Å². The number of nitrogens with zero attached hydrogens (tertiary/aromatic N) is 3. The SMILES string of the molecule is Cc1cc(C(=O)Nc2ncc(Cc3cccc(Cl)c3)s2)c2c(C)noc2n1. The maximum atomic E-state index is 12.8. The van der Waals surface area contributed by atoms with Gasteiger partial charge in [0.05, 0.1) is 16.6 Å². The molecule has 0 atom stereocenters. The zero-order valence-electron chi connectivity index (χ0n) is 14.6.